The number of nitrogens with zero attached hydrogens (tertiary/aromatic N) is 1. The third-order valence-corrected chi connectivity index (χ3v) is 11.6. The minimum absolute atomic E-state index is 1.10. The highest BCUT2D eigenvalue weighted by Crippen LogP contribution is 2.49. The molecule has 1 heterocycles. The Balaban J connectivity index is 1.19. The lowest BCUT2D eigenvalue weighted by molar-refractivity contribution is 1.29. The van der Waals surface area contributed by atoms with Gasteiger partial charge in [-0.3, -0.25) is 0 Å². The molecule has 0 fully saturated rings. The minimum Gasteiger partial charge on any atom is -0.310 e. The molecule has 0 saturated carbocycles. The smallest absolute Gasteiger partial charge is 0.0547 e. The summed E-state index contributed by atoms with van der Waals surface area (Å²) in [6.45, 7) is 0. The molecular formula is C52H35NS. The van der Waals surface area contributed by atoms with Crippen LogP contribution in [0, 0.1) is 0 Å². The summed E-state index contributed by atoms with van der Waals surface area (Å²) < 4.78 is 2.58. The lowest BCUT2D eigenvalue weighted by Gasteiger charge is -2.29. The van der Waals surface area contributed by atoms with E-state index in [9.17, 15) is 0 Å². The molecule has 0 atom stereocenters. The molecule has 2 heteroatoms. The van der Waals surface area contributed by atoms with Crippen molar-refractivity contribution in [2.24, 2.45) is 0 Å². The fourth-order valence-electron chi connectivity index (χ4n) is 7.80. The molecule has 0 radical (unpaired) electrons. The minimum atomic E-state index is 1.10. The van der Waals surface area contributed by atoms with Gasteiger partial charge in [-0.05, 0) is 104 Å². The van der Waals surface area contributed by atoms with E-state index in [-0.39, 0.29) is 0 Å². The Kier molecular flexibility index (Phi) is 8.09. The summed E-state index contributed by atoms with van der Waals surface area (Å²) in [5.74, 6) is 0. The van der Waals surface area contributed by atoms with Gasteiger partial charge < -0.3 is 4.90 Å². The zero-order chi connectivity index (χ0) is 35.8. The van der Waals surface area contributed by atoms with Gasteiger partial charge in [0.05, 0.1) is 5.69 Å². The number of fused-ring (bicyclic) bond motifs is 4. The van der Waals surface area contributed by atoms with Gasteiger partial charge in [0.25, 0.3) is 0 Å². The van der Waals surface area contributed by atoms with E-state index in [1.807, 2.05) is 11.3 Å². The van der Waals surface area contributed by atoms with Crippen LogP contribution in [-0.2, 0) is 0 Å². The fraction of sp³-hybridized carbons (Fsp3) is 0. The van der Waals surface area contributed by atoms with Crippen molar-refractivity contribution in [3.63, 3.8) is 0 Å². The topological polar surface area (TPSA) is 3.24 Å². The third-order valence-electron chi connectivity index (χ3n) is 10.5. The van der Waals surface area contributed by atoms with Crippen LogP contribution in [0.15, 0.2) is 212 Å². The first-order valence-corrected chi connectivity index (χ1v) is 19.2. The number of benzene rings is 9. The second-order valence-electron chi connectivity index (χ2n) is 13.7. The molecule has 254 valence electrons. The lowest BCUT2D eigenvalue weighted by Crippen LogP contribution is -2.11. The summed E-state index contributed by atoms with van der Waals surface area (Å²) >= 11 is 1.86. The Bertz CT molecular complexity index is 2910. The highest BCUT2D eigenvalue weighted by molar-refractivity contribution is 7.26. The van der Waals surface area contributed by atoms with Crippen molar-refractivity contribution < 1.29 is 0 Å². The number of anilines is 3. The summed E-state index contributed by atoms with van der Waals surface area (Å²) in [5, 5.41) is 5.07. The van der Waals surface area contributed by atoms with Crippen molar-refractivity contribution in [1.82, 2.24) is 0 Å². The molecule has 0 amide bonds. The van der Waals surface area contributed by atoms with Crippen molar-refractivity contribution in [2.45, 2.75) is 0 Å². The molecule has 0 bridgehead atoms. The van der Waals surface area contributed by atoms with Crippen molar-refractivity contribution in [3.8, 4) is 44.5 Å². The van der Waals surface area contributed by atoms with Crippen LogP contribution in [0.5, 0.6) is 0 Å². The monoisotopic (exact) mass is 705 g/mol. The molecule has 9 aromatic carbocycles. The third kappa shape index (κ3) is 5.84. The average Bonchev–Trinajstić information content (AvgIpc) is 3.63. The van der Waals surface area contributed by atoms with Crippen LogP contribution in [0.3, 0.4) is 0 Å². The Morgan fingerprint density at radius 3 is 1.56 bits per heavy atom. The van der Waals surface area contributed by atoms with Gasteiger partial charge in [-0.15, -0.1) is 11.3 Å². The van der Waals surface area contributed by atoms with Gasteiger partial charge in [0.1, 0.15) is 0 Å². The van der Waals surface area contributed by atoms with Crippen molar-refractivity contribution in [2.75, 3.05) is 4.90 Å². The fourth-order valence-corrected chi connectivity index (χ4v) is 8.92. The zero-order valence-electron chi connectivity index (χ0n) is 29.6. The molecule has 0 aliphatic rings. The second kappa shape index (κ2) is 13.7. The van der Waals surface area contributed by atoms with Crippen LogP contribution < -0.4 is 4.90 Å². The molecule has 10 aromatic rings. The largest absolute Gasteiger partial charge is 0.310 e. The quantitative estimate of drug-likeness (QED) is 0.160. The maximum absolute atomic E-state index is 2.44. The Hall–Kier alpha value is -6.74. The van der Waals surface area contributed by atoms with Gasteiger partial charge in [0, 0.05) is 37.1 Å². The highest BCUT2D eigenvalue weighted by Gasteiger charge is 2.22. The van der Waals surface area contributed by atoms with Gasteiger partial charge in [-0.2, -0.15) is 0 Å². The van der Waals surface area contributed by atoms with E-state index < -0.39 is 0 Å². The number of thiophene rings is 1. The number of hydrogen-bond donors (Lipinski definition) is 0. The SMILES string of the molecule is c1ccc(-c2ccc(N(c3ccc(-c4ccc5ccccc5c4)cc3)c3ccc4sc5ccccc5c4c3-c3cccc(-c4ccccc4)c3)cc2)cc1. The van der Waals surface area contributed by atoms with Crippen molar-refractivity contribution >= 4 is 59.3 Å². The highest BCUT2D eigenvalue weighted by atomic mass is 32.1. The molecular weight excluding hydrogens is 671 g/mol. The Morgan fingerprint density at radius 1 is 0.315 bits per heavy atom. The molecule has 1 nitrogen and oxygen atoms in total. The van der Waals surface area contributed by atoms with Crippen LogP contribution in [0.4, 0.5) is 17.1 Å². The van der Waals surface area contributed by atoms with Crippen LogP contribution in [0.1, 0.15) is 0 Å². The molecule has 0 saturated heterocycles. The van der Waals surface area contributed by atoms with E-state index in [1.165, 1.54) is 75.5 Å². The van der Waals surface area contributed by atoms with Crippen LogP contribution in [0.25, 0.3) is 75.5 Å². The average molecular weight is 706 g/mol. The molecule has 0 N–H and O–H groups in total. The summed E-state index contributed by atoms with van der Waals surface area (Å²) in [5.41, 5.74) is 13.0. The molecule has 10 rings (SSSR count). The first-order valence-electron chi connectivity index (χ1n) is 18.4. The van der Waals surface area contributed by atoms with Gasteiger partial charge in [0.15, 0.2) is 0 Å². The first kappa shape index (κ1) is 32.0. The maximum Gasteiger partial charge on any atom is 0.0547 e. The lowest BCUT2D eigenvalue weighted by atomic mass is 9.93. The molecule has 0 aliphatic heterocycles. The Morgan fingerprint density at radius 2 is 0.833 bits per heavy atom. The van der Waals surface area contributed by atoms with Crippen LogP contribution >= 0.6 is 11.3 Å². The standard InChI is InChI=1S/C52H35NS/c1-3-12-36(13-4-1)39-24-28-45(29-25-39)53(46-30-26-40(27-31-46)43-23-22-38-16-7-8-17-41(38)34-43)48-32-33-50-52(47-20-9-10-21-49(47)54-50)51(48)44-19-11-18-42(35-44)37-14-5-2-6-15-37/h1-35H. The van der Waals surface area contributed by atoms with E-state index >= 15 is 0 Å². The van der Waals surface area contributed by atoms with Crippen molar-refractivity contribution in [3.05, 3.63) is 212 Å². The van der Waals surface area contributed by atoms with Gasteiger partial charge in [-0.25, -0.2) is 0 Å². The molecule has 1 aromatic heterocycles. The summed E-state index contributed by atoms with van der Waals surface area (Å²) in [7, 11) is 0. The normalized spacial score (nSPS) is 11.3. The van der Waals surface area contributed by atoms with Crippen LogP contribution in [0.2, 0.25) is 0 Å². The van der Waals surface area contributed by atoms with Gasteiger partial charge >= 0.3 is 0 Å². The van der Waals surface area contributed by atoms with Gasteiger partial charge in [0.2, 0.25) is 0 Å². The van der Waals surface area contributed by atoms with Crippen LogP contribution in [-0.4, -0.2) is 0 Å². The van der Waals surface area contributed by atoms with Crippen molar-refractivity contribution in [1.29, 1.82) is 0 Å². The molecule has 0 unspecified atom stereocenters. The molecule has 0 aliphatic carbocycles. The van der Waals surface area contributed by atoms with E-state index in [2.05, 4.69) is 217 Å². The van der Waals surface area contributed by atoms with Gasteiger partial charge in [-0.1, -0.05) is 158 Å². The van der Waals surface area contributed by atoms with E-state index in [1.54, 1.807) is 0 Å². The second-order valence-corrected chi connectivity index (χ2v) is 14.8. The molecule has 54 heavy (non-hydrogen) atoms. The van der Waals surface area contributed by atoms with E-state index in [0.717, 1.165) is 17.1 Å². The zero-order valence-corrected chi connectivity index (χ0v) is 30.4. The first-order chi connectivity index (χ1) is 26.8. The summed E-state index contributed by atoms with van der Waals surface area (Å²) in [6, 6.07) is 77.2. The number of rotatable bonds is 7. The van der Waals surface area contributed by atoms with E-state index in [4.69, 9.17) is 0 Å². The van der Waals surface area contributed by atoms with E-state index in [0.29, 0.717) is 0 Å². The predicted molar refractivity (Wildman–Crippen MR) is 233 cm³/mol. The predicted octanol–water partition coefficient (Wildman–Crippen LogP) is 15.3. The molecule has 0 spiro atoms. The Labute approximate surface area is 319 Å². The number of hydrogen-bond acceptors (Lipinski definition) is 2. The summed E-state index contributed by atoms with van der Waals surface area (Å²) in [6.07, 6.45) is 0. The maximum atomic E-state index is 2.44. The summed E-state index contributed by atoms with van der Waals surface area (Å²) in [4.78, 5) is 2.44.